The van der Waals surface area contributed by atoms with Crippen molar-refractivity contribution in [2.24, 2.45) is 0 Å². The first-order chi connectivity index (χ1) is 13.9. The molecule has 2 amide bonds. The van der Waals surface area contributed by atoms with Crippen LogP contribution in [0.1, 0.15) is 16.7 Å². The highest BCUT2D eigenvalue weighted by Gasteiger charge is 2.21. The summed E-state index contributed by atoms with van der Waals surface area (Å²) >= 11 is 0. The maximum atomic E-state index is 13.2. The number of carbonyl (C=O) groups is 2. The minimum absolute atomic E-state index is 0.0480. The third kappa shape index (κ3) is 5.74. The van der Waals surface area contributed by atoms with Crippen LogP contribution in [0.4, 0.5) is 10.1 Å². The molecule has 1 aliphatic rings. The molecule has 1 saturated heterocycles. The zero-order chi connectivity index (χ0) is 20.8. The maximum Gasteiger partial charge on any atom is 0.246 e. The Balaban J connectivity index is 1.47. The van der Waals surface area contributed by atoms with Gasteiger partial charge in [-0.3, -0.25) is 14.5 Å². The summed E-state index contributed by atoms with van der Waals surface area (Å²) in [5.41, 5.74) is 3.60. The molecule has 1 heterocycles. The van der Waals surface area contributed by atoms with Gasteiger partial charge in [0.05, 0.1) is 6.54 Å². The van der Waals surface area contributed by atoms with Crippen LogP contribution in [0.3, 0.4) is 0 Å². The zero-order valence-electron chi connectivity index (χ0n) is 16.8. The van der Waals surface area contributed by atoms with E-state index in [1.54, 1.807) is 23.1 Å². The summed E-state index contributed by atoms with van der Waals surface area (Å²) in [6, 6.07) is 12.0. The Morgan fingerprint density at radius 1 is 1.03 bits per heavy atom. The van der Waals surface area contributed by atoms with Crippen LogP contribution in [0.15, 0.2) is 48.5 Å². The van der Waals surface area contributed by atoms with Crippen LogP contribution in [-0.2, 0) is 9.59 Å². The smallest absolute Gasteiger partial charge is 0.246 e. The summed E-state index contributed by atoms with van der Waals surface area (Å²) in [5.74, 6) is -0.477. The SMILES string of the molecule is Cc1cccc(C)c1NC(=O)CN1CCN(C(=O)C=Cc2cccc(F)c2)CC1. The van der Waals surface area contributed by atoms with Gasteiger partial charge in [0.1, 0.15) is 5.82 Å². The molecule has 0 aromatic heterocycles. The van der Waals surface area contributed by atoms with Crippen molar-refractivity contribution >= 4 is 23.6 Å². The molecule has 0 unspecified atom stereocenters. The molecule has 1 fully saturated rings. The van der Waals surface area contributed by atoms with E-state index in [4.69, 9.17) is 0 Å². The lowest BCUT2D eigenvalue weighted by molar-refractivity contribution is -0.127. The predicted molar refractivity (Wildman–Crippen MR) is 113 cm³/mol. The Kier molecular flexibility index (Phi) is 6.77. The predicted octanol–water partition coefficient (Wildman–Crippen LogP) is 3.24. The lowest BCUT2D eigenvalue weighted by atomic mass is 10.1. The normalized spacial score (nSPS) is 14.9. The first kappa shape index (κ1) is 20.7. The third-order valence-corrected chi connectivity index (χ3v) is 5.06. The minimum atomic E-state index is -0.326. The molecule has 0 atom stereocenters. The second-order valence-corrected chi connectivity index (χ2v) is 7.30. The molecule has 1 N–H and O–H groups in total. The van der Waals surface area contributed by atoms with Gasteiger partial charge in [0.25, 0.3) is 0 Å². The number of para-hydroxylation sites is 1. The van der Waals surface area contributed by atoms with Gasteiger partial charge in [0.15, 0.2) is 0 Å². The number of aryl methyl sites for hydroxylation is 2. The largest absolute Gasteiger partial charge is 0.337 e. The molecule has 0 radical (unpaired) electrons. The van der Waals surface area contributed by atoms with E-state index in [1.165, 1.54) is 18.2 Å². The Morgan fingerprint density at radius 2 is 1.69 bits per heavy atom. The van der Waals surface area contributed by atoms with Crippen LogP contribution in [0.5, 0.6) is 0 Å². The molecular weight excluding hydrogens is 369 g/mol. The van der Waals surface area contributed by atoms with Gasteiger partial charge in [-0.15, -0.1) is 0 Å². The lowest BCUT2D eigenvalue weighted by Gasteiger charge is -2.33. The fourth-order valence-corrected chi connectivity index (χ4v) is 3.40. The van der Waals surface area contributed by atoms with E-state index in [1.807, 2.05) is 36.9 Å². The second kappa shape index (κ2) is 9.47. The molecular formula is C23H26FN3O2. The van der Waals surface area contributed by atoms with Crippen molar-refractivity contribution in [1.82, 2.24) is 9.80 Å². The number of amides is 2. The number of hydrogen-bond acceptors (Lipinski definition) is 3. The molecule has 0 bridgehead atoms. The highest BCUT2D eigenvalue weighted by atomic mass is 19.1. The molecule has 0 aliphatic carbocycles. The monoisotopic (exact) mass is 395 g/mol. The summed E-state index contributed by atoms with van der Waals surface area (Å²) in [5, 5.41) is 3.00. The number of rotatable bonds is 5. The van der Waals surface area contributed by atoms with Crippen LogP contribution in [0, 0.1) is 19.7 Å². The number of piperazine rings is 1. The van der Waals surface area contributed by atoms with Gasteiger partial charge in [-0.2, -0.15) is 0 Å². The highest BCUT2D eigenvalue weighted by Crippen LogP contribution is 2.19. The number of hydrogen-bond donors (Lipinski definition) is 1. The highest BCUT2D eigenvalue weighted by molar-refractivity contribution is 5.94. The molecule has 2 aromatic carbocycles. The number of nitrogens with one attached hydrogen (secondary N) is 1. The summed E-state index contributed by atoms with van der Waals surface area (Å²) in [6.45, 7) is 6.65. The van der Waals surface area contributed by atoms with E-state index in [9.17, 15) is 14.0 Å². The van der Waals surface area contributed by atoms with Gasteiger partial charge >= 0.3 is 0 Å². The van der Waals surface area contributed by atoms with E-state index < -0.39 is 0 Å². The van der Waals surface area contributed by atoms with Crippen LogP contribution in [0.25, 0.3) is 6.08 Å². The topological polar surface area (TPSA) is 52.7 Å². The van der Waals surface area contributed by atoms with Gasteiger partial charge in [-0.25, -0.2) is 4.39 Å². The van der Waals surface area contributed by atoms with Crippen LogP contribution in [-0.4, -0.2) is 54.3 Å². The van der Waals surface area contributed by atoms with Crippen molar-refractivity contribution in [2.75, 3.05) is 38.0 Å². The first-order valence-corrected chi connectivity index (χ1v) is 9.73. The summed E-state index contributed by atoms with van der Waals surface area (Å²) in [6.07, 6.45) is 3.09. The Hall–Kier alpha value is -2.99. The summed E-state index contributed by atoms with van der Waals surface area (Å²) in [7, 11) is 0. The molecule has 1 aliphatic heterocycles. The molecule has 0 spiro atoms. The molecule has 0 saturated carbocycles. The minimum Gasteiger partial charge on any atom is -0.337 e. The van der Waals surface area contributed by atoms with E-state index in [2.05, 4.69) is 5.32 Å². The van der Waals surface area contributed by atoms with Gasteiger partial charge in [-0.05, 0) is 48.7 Å². The Bertz CT molecular complexity index is 898. The van der Waals surface area contributed by atoms with Gasteiger partial charge < -0.3 is 10.2 Å². The average molecular weight is 395 g/mol. The number of halogens is 1. The Labute approximate surface area is 170 Å². The van der Waals surface area contributed by atoms with E-state index in [-0.39, 0.29) is 17.6 Å². The number of carbonyl (C=O) groups excluding carboxylic acids is 2. The Morgan fingerprint density at radius 3 is 2.34 bits per heavy atom. The van der Waals surface area contributed by atoms with E-state index >= 15 is 0 Å². The van der Waals surface area contributed by atoms with Crippen molar-refractivity contribution in [3.63, 3.8) is 0 Å². The van der Waals surface area contributed by atoms with E-state index in [0.29, 0.717) is 38.3 Å². The quantitative estimate of drug-likeness (QED) is 0.791. The lowest BCUT2D eigenvalue weighted by Crippen LogP contribution is -2.50. The standard InChI is InChI=1S/C23H26FN3O2/c1-17-5-3-6-18(2)23(17)25-21(28)16-26-11-13-27(14-12-26)22(29)10-9-19-7-4-8-20(24)15-19/h3-10,15H,11-14,16H2,1-2H3,(H,25,28). The third-order valence-electron chi connectivity index (χ3n) is 5.06. The molecule has 2 aromatic rings. The number of anilines is 1. The average Bonchev–Trinajstić information content (AvgIpc) is 2.70. The molecule has 3 rings (SSSR count). The molecule has 5 nitrogen and oxygen atoms in total. The van der Waals surface area contributed by atoms with Crippen LogP contribution >= 0.6 is 0 Å². The molecule has 6 heteroatoms. The second-order valence-electron chi connectivity index (χ2n) is 7.30. The van der Waals surface area contributed by atoms with Crippen molar-refractivity contribution in [2.45, 2.75) is 13.8 Å². The van der Waals surface area contributed by atoms with Gasteiger partial charge in [-0.1, -0.05) is 30.3 Å². The van der Waals surface area contributed by atoms with Crippen LogP contribution in [0.2, 0.25) is 0 Å². The van der Waals surface area contributed by atoms with Gasteiger partial charge in [0, 0.05) is 37.9 Å². The first-order valence-electron chi connectivity index (χ1n) is 9.73. The fraction of sp³-hybridized carbons (Fsp3) is 0.304. The van der Waals surface area contributed by atoms with Gasteiger partial charge in [0.2, 0.25) is 11.8 Å². The zero-order valence-corrected chi connectivity index (χ0v) is 16.8. The van der Waals surface area contributed by atoms with Crippen LogP contribution < -0.4 is 5.32 Å². The van der Waals surface area contributed by atoms with Crippen molar-refractivity contribution in [3.05, 3.63) is 71.0 Å². The van der Waals surface area contributed by atoms with Crippen molar-refractivity contribution in [1.29, 1.82) is 0 Å². The number of benzene rings is 2. The fourth-order valence-electron chi connectivity index (χ4n) is 3.40. The molecule has 29 heavy (non-hydrogen) atoms. The van der Waals surface area contributed by atoms with E-state index in [0.717, 1.165) is 16.8 Å². The van der Waals surface area contributed by atoms with Crippen molar-refractivity contribution < 1.29 is 14.0 Å². The van der Waals surface area contributed by atoms with Crippen molar-refractivity contribution in [3.8, 4) is 0 Å². The summed E-state index contributed by atoms with van der Waals surface area (Å²) in [4.78, 5) is 28.6. The molecule has 152 valence electrons. The summed E-state index contributed by atoms with van der Waals surface area (Å²) < 4.78 is 13.2. The number of nitrogens with zero attached hydrogens (tertiary/aromatic N) is 2. The maximum absolute atomic E-state index is 13.2.